The number of carboxylic acid groups (broad SMARTS) is 1. The van der Waals surface area contributed by atoms with Gasteiger partial charge in [0, 0.05) is 12.5 Å². The summed E-state index contributed by atoms with van der Waals surface area (Å²) in [6.45, 7) is 6.17. The minimum absolute atomic E-state index is 0.0830. The lowest BCUT2D eigenvalue weighted by Crippen LogP contribution is -2.27. The van der Waals surface area contributed by atoms with E-state index in [0.29, 0.717) is 0 Å². The van der Waals surface area contributed by atoms with Crippen LogP contribution in [0.4, 0.5) is 0 Å². The normalized spacial score (nSPS) is 14.6. The Morgan fingerprint density at radius 2 is 1.89 bits per heavy atom. The first-order valence-electron chi connectivity index (χ1n) is 6.28. The van der Waals surface area contributed by atoms with E-state index >= 15 is 0 Å². The van der Waals surface area contributed by atoms with E-state index in [2.05, 4.69) is 36.9 Å². The quantitative estimate of drug-likeness (QED) is 0.872. The van der Waals surface area contributed by atoms with Crippen LogP contribution in [0.1, 0.15) is 36.1 Å². The monoisotopic (exact) mass is 249 g/mol. The van der Waals surface area contributed by atoms with Crippen LogP contribution in [0.3, 0.4) is 0 Å². The van der Waals surface area contributed by atoms with E-state index in [4.69, 9.17) is 5.11 Å². The van der Waals surface area contributed by atoms with Gasteiger partial charge < -0.3 is 10.0 Å². The summed E-state index contributed by atoms with van der Waals surface area (Å²) in [5.41, 5.74) is 3.71. The van der Waals surface area contributed by atoms with Crippen molar-refractivity contribution in [1.29, 1.82) is 0 Å². The number of carbonyl (C=O) groups is 1. The van der Waals surface area contributed by atoms with Gasteiger partial charge in [0.25, 0.3) is 0 Å². The molecule has 0 saturated carbocycles. The molecule has 3 heteroatoms. The Morgan fingerprint density at radius 1 is 1.28 bits per heavy atom. The second-order valence-corrected chi connectivity index (χ2v) is 5.33. The van der Waals surface area contributed by atoms with E-state index in [1.54, 1.807) is 0 Å². The third-order valence-electron chi connectivity index (χ3n) is 3.46. The molecule has 18 heavy (non-hydrogen) atoms. The molecule has 0 aliphatic heterocycles. The second-order valence-electron chi connectivity index (χ2n) is 5.33. The summed E-state index contributed by atoms with van der Waals surface area (Å²) in [5.74, 6) is -0.655. The Bertz CT molecular complexity index is 427. The molecule has 0 aromatic heterocycles. The molecule has 0 heterocycles. The lowest BCUT2D eigenvalue weighted by molar-refractivity contribution is -0.138. The van der Waals surface area contributed by atoms with Crippen LogP contribution in [-0.2, 0) is 4.79 Å². The minimum atomic E-state index is -0.738. The molecule has 0 aliphatic carbocycles. The van der Waals surface area contributed by atoms with Crippen LogP contribution in [0.15, 0.2) is 18.2 Å². The molecule has 0 aliphatic rings. The highest BCUT2D eigenvalue weighted by atomic mass is 16.4. The fourth-order valence-corrected chi connectivity index (χ4v) is 2.47. The van der Waals surface area contributed by atoms with Gasteiger partial charge in [0.2, 0.25) is 0 Å². The summed E-state index contributed by atoms with van der Waals surface area (Å²) < 4.78 is 0. The Hall–Kier alpha value is -1.35. The smallest absolute Gasteiger partial charge is 0.303 e. The number of hydrogen-bond acceptors (Lipinski definition) is 2. The van der Waals surface area contributed by atoms with Crippen molar-refractivity contribution in [2.45, 2.75) is 33.2 Å². The molecule has 0 spiro atoms. The van der Waals surface area contributed by atoms with Gasteiger partial charge in [-0.2, -0.15) is 0 Å². The van der Waals surface area contributed by atoms with Gasteiger partial charge >= 0.3 is 5.97 Å². The van der Waals surface area contributed by atoms with Crippen molar-refractivity contribution in [3.05, 3.63) is 34.9 Å². The Balaban J connectivity index is 3.04. The molecule has 100 valence electrons. The van der Waals surface area contributed by atoms with Crippen molar-refractivity contribution >= 4 is 5.97 Å². The summed E-state index contributed by atoms with van der Waals surface area (Å²) in [6, 6.07) is 6.51. The number of nitrogens with zero attached hydrogens (tertiary/aromatic N) is 1. The predicted octanol–water partition coefficient (Wildman–Crippen LogP) is 3.02. The molecule has 0 bridgehead atoms. The fraction of sp³-hybridized carbons (Fsp3) is 0.533. The van der Waals surface area contributed by atoms with Gasteiger partial charge in [0.05, 0.1) is 0 Å². The fourth-order valence-electron chi connectivity index (χ4n) is 2.47. The number of aliphatic carboxylic acids is 1. The SMILES string of the molecule is Cc1ccc(C(C(C)CC(=O)O)N(C)C)cc1C. The summed E-state index contributed by atoms with van der Waals surface area (Å²) in [7, 11) is 4.00. The van der Waals surface area contributed by atoms with E-state index in [-0.39, 0.29) is 18.4 Å². The van der Waals surface area contributed by atoms with Crippen LogP contribution in [-0.4, -0.2) is 30.1 Å². The van der Waals surface area contributed by atoms with Gasteiger partial charge in [-0.15, -0.1) is 0 Å². The molecule has 1 rings (SSSR count). The van der Waals surface area contributed by atoms with Gasteiger partial charge in [0.15, 0.2) is 0 Å². The standard InChI is InChI=1S/C15H23NO2/c1-10-6-7-13(8-11(10)2)15(16(4)5)12(3)9-14(17)18/h6-8,12,15H,9H2,1-5H3,(H,17,18). The van der Waals surface area contributed by atoms with Crippen LogP contribution in [0.25, 0.3) is 0 Å². The number of aryl methyl sites for hydroxylation is 2. The predicted molar refractivity (Wildman–Crippen MR) is 73.8 cm³/mol. The van der Waals surface area contributed by atoms with E-state index in [1.165, 1.54) is 16.7 Å². The molecular formula is C15H23NO2. The molecule has 1 N–H and O–H groups in total. The zero-order valence-corrected chi connectivity index (χ0v) is 11.9. The van der Waals surface area contributed by atoms with Crippen LogP contribution in [0.5, 0.6) is 0 Å². The third kappa shape index (κ3) is 3.57. The van der Waals surface area contributed by atoms with Gasteiger partial charge in [-0.25, -0.2) is 0 Å². The average Bonchev–Trinajstić information content (AvgIpc) is 2.21. The second kappa shape index (κ2) is 6.01. The van der Waals surface area contributed by atoms with Crippen LogP contribution < -0.4 is 0 Å². The molecule has 1 aromatic rings. The first kappa shape index (κ1) is 14.7. The van der Waals surface area contributed by atoms with E-state index in [1.807, 2.05) is 21.0 Å². The summed E-state index contributed by atoms with van der Waals surface area (Å²) in [6.07, 6.45) is 0.190. The largest absolute Gasteiger partial charge is 0.481 e. The number of carboxylic acids is 1. The highest BCUT2D eigenvalue weighted by Gasteiger charge is 2.23. The van der Waals surface area contributed by atoms with E-state index in [9.17, 15) is 4.79 Å². The lowest BCUT2D eigenvalue weighted by atomic mass is 9.89. The maximum atomic E-state index is 10.9. The van der Waals surface area contributed by atoms with Crippen LogP contribution in [0, 0.1) is 19.8 Å². The first-order chi connectivity index (χ1) is 8.32. The molecule has 3 nitrogen and oxygen atoms in total. The Kier molecular flexibility index (Phi) is 4.91. The maximum Gasteiger partial charge on any atom is 0.303 e. The average molecular weight is 249 g/mol. The molecule has 0 fully saturated rings. The van der Waals surface area contributed by atoms with Crippen LogP contribution >= 0.6 is 0 Å². The van der Waals surface area contributed by atoms with Crippen molar-refractivity contribution < 1.29 is 9.90 Å². The number of rotatable bonds is 5. The lowest BCUT2D eigenvalue weighted by Gasteiger charge is -2.30. The zero-order chi connectivity index (χ0) is 13.9. The van der Waals surface area contributed by atoms with Crippen molar-refractivity contribution in [2.75, 3.05) is 14.1 Å². The molecule has 0 saturated heterocycles. The van der Waals surface area contributed by atoms with E-state index < -0.39 is 5.97 Å². The van der Waals surface area contributed by atoms with Crippen molar-refractivity contribution in [3.63, 3.8) is 0 Å². The zero-order valence-electron chi connectivity index (χ0n) is 11.9. The molecule has 2 atom stereocenters. The van der Waals surface area contributed by atoms with Gasteiger partial charge in [-0.1, -0.05) is 25.1 Å². The highest BCUT2D eigenvalue weighted by molar-refractivity contribution is 5.67. The Labute approximate surface area is 109 Å². The molecular weight excluding hydrogens is 226 g/mol. The summed E-state index contributed by atoms with van der Waals surface area (Å²) in [5, 5.41) is 8.94. The van der Waals surface area contributed by atoms with Crippen LogP contribution in [0.2, 0.25) is 0 Å². The van der Waals surface area contributed by atoms with Crippen molar-refractivity contribution in [3.8, 4) is 0 Å². The van der Waals surface area contributed by atoms with Crippen molar-refractivity contribution in [1.82, 2.24) is 4.90 Å². The highest BCUT2D eigenvalue weighted by Crippen LogP contribution is 2.30. The van der Waals surface area contributed by atoms with Gasteiger partial charge in [-0.3, -0.25) is 4.79 Å². The van der Waals surface area contributed by atoms with Gasteiger partial charge in [-0.05, 0) is 50.6 Å². The van der Waals surface area contributed by atoms with Crippen molar-refractivity contribution in [2.24, 2.45) is 5.92 Å². The minimum Gasteiger partial charge on any atom is -0.481 e. The first-order valence-corrected chi connectivity index (χ1v) is 6.28. The molecule has 2 unspecified atom stereocenters. The summed E-state index contributed by atoms with van der Waals surface area (Å²) in [4.78, 5) is 13.0. The topological polar surface area (TPSA) is 40.5 Å². The van der Waals surface area contributed by atoms with E-state index in [0.717, 1.165) is 0 Å². The number of benzene rings is 1. The molecule has 0 radical (unpaired) electrons. The number of hydrogen-bond donors (Lipinski definition) is 1. The van der Waals surface area contributed by atoms with Gasteiger partial charge in [0.1, 0.15) is 0 Å². The Morgan fingerprint density at radius 3 is 2.33 bits per heavy atom. The molecule has 1 aromatic carbocycles. The third-order valence-corrected chi connectivity index (χ3v) is 3.46. The maximum absolute atomic E-state index is 10.9. The summed E-state index contributed by atoms with van der Waals surface area (Å²) >= 11 is 0. The molecule has 0 amide bonds.